The lowest BCUT2D eigenvalue weighted by Crippen LogP contribution is -2.19. The largest absolute Gasteiger partial charge is 0.396 e. The molecule has 0 aliphatic carbocycles. The summed E-state index contributed by atoms with van der Waals surface area (Å²) in [5, 5.41) is 11.8. The molecule has 0 atom stereocenters. The Bertz CT molecular complexity index is 794. The Labute approximate surface area is 142 Å². The molecule has 1 N–H and O–H groups in total. The average Bonchev–Trinajstić information content (AvgIpc) is 3.19. The Balaban J connectivity index is 1.85. The number of rotatable bonds is 4. The number of benzene rings is 1. The minimum atomic E-state index is 0.188. The summed E-state index contributed by atoms with van der Waals surface area (Å²) in [6.07, 6.45) is 2.83. The van der Waals surface area contributed by atoms with E-state index in [-0.39, 0.29) is 6.61 Å². The van der Waals surface area contributed by atoms with Crippen molar-refractivity contribution in [1.29, 1.82) is 0 Å². The van der Waals surface area contributed by atoms with Crippen LogP contribution in [0.25, 0.3) is 15.8 Å². The number of thiophene rings is 1. The molecule has 0 radical (unpaired) electrons. The minimum Gasteiger partial charge on any atom is -0.396 e. The molecule has 0 bridgehead atoms. The number of amidine groups is 1. The monoisotopic (exact) mass is 348 g/mol. The van der Waals surface area contributed by atoms with E-state index in [1.165, 1.54) is 30.5 Å². The minimum absolute atomic E-state index is 0.188. The van der Waals surface area contributed by atoms with Crippen LogP contribution in [0.5, 0.6) is 0 Å². The maximum absolute atomic E-state index is 9.37. The van der Waals surface area contributed by atoms with Crippen molar-refractivity contribution in [3.05, 3.63) is 34.0 Å². The number of thioether (sulfide) groups is 2. The van der Waals surface area contributed by atoms with E-state index in [1.807, 2.05) is 11.3 Å². The third-order valence-corrected chi connectivity index (χ3v) is 7.13. The number of fused-ring (bicyclic) bond motifs is 2. The maximum Gasteiger partial charge on any atom is 0.168 e. The zero-order valence-corrected chi connectivity index (χ0v) is 14.7. The SMILES string of the molecule is CSc1cccc2cc(C3=C(CCO)SC4=NCCN43)sc12. The van der Waals surface area contributed by atoms with Gasteiger partial charge in [-0.25, -0.2) is 0 Å². The lowest BCUT2D eigenvalue weighted by molar-refractivity contribution is 0.301. The second kappa shape index (κ2) is 5.92. The van der Waals surface area contributed by atoms with Gasteiger partial charge in [-0.1, -0.05) is 23.9 Å². The van der Waals surface area contributed by atoms with Gasteiger partial charge in [0, 0.05) is 34.1 Å². The van der Waals surface area contributed by atoms with E-state index >= 15 is 0 Å². The van der Waals surface area contributed by atoms with Crippen molar-refractivity contribution < 1.29 is 5.11 Å². The van der Waals surface area contributed by atoms with Crippen LogP contribution in [0.2, 0.25) is 0 Å². The summed E-state index contributed by atoms with van der Waals surface area (Å²) in [6.45, 7) is 2.02. The van der Waals surface area contributed by atoms with Gasteiger partial charge in [0.05, 0.1) is 17.1 Å². The van der Waals surface area contributed by atoms with Crippen LogP contribution in [0.3, 0.4) is 0 Å². The Morgan fingerprint density at radius 2 is 2.32 bits per heavy atom. The number of hydrogen-bond donors (Lipinski definition) is 1. The van der Waals surface area contributed by atoms with Crippen LogP contribution in [-0.4, -0.2) is 41.1 Å². The quantitative estimate of drug-likeness (QED) is 0.844. The van der Waals surface area contributed by atoms with E-state index in [2.05, 4.69) is 40.4 Å². The second-order valence-corrected chi connectivity index (χ2v) is 8.12. The van der Waals surface area contributed by atoms with Crippen molar-refractivity contribution in [2.75, 3.05) is 26.0 Å². The Morgan fingerprint density at radius 1 is 1.41 bits per heavy atom. The highest BCUT2D eigenvalue weighted by Gasteiger charge is 2.33. The van der Waals surface area contributed by atoms with Gasteiger partial charge in [0.1, 0.15) is 0 Å². The van der Waals surface area contributed by atoms with Crippen LogP contribution in [0.1, 0.15) is 11.3 Å². The molecular formula is C16H16N2OS3. The van der Waals surface area contributed by atoms with E-state index < -0.39 is 0 Å². The highest BCUT2D eigenvalue weighted by atomic mass is 32.2. The van der Waals surface area contributed by atoms with Crippen LogP contribution >= 0.6 is 34.9 Å². The Hall–Kier alpha value is -0.950. The van der Waals surface area contributed by atoms with Crippen LogP contribution in [0, 0.1) is 0 Å². The van der Waals surface area contributed by atoms with Crippen molar-refractivity contribution in [2.24, 2.45) is 4.99 Å². The summed E-state index contributed by atoms with van der Waals surface area (Å²) in [5.74, 6) is 0. The average molecular weight is 349 g/mol. The third kappa shape index (κ3) is 2.29. The number of aliphatic hydroxyl groups excluding tert-OH is 1. The molecule has 0 amide bonds. The predicted octanol–water partition coefficient (Wildman–Crippen LogP) is 4.09. The van der Waals surface area contributed by atoms with Gasteiger partial charge in [0.25, 0.3) is 0 Å². The fourth-order valence-corrected chi connectivity index (χ4v) is 6.17. The van der Waals surface area contributed by atoms with Crippen LogP contribution in [-0.2, 0) is 0 Å². The molecule has 3 heterocycles. The highest BCUT2D eigenvalue weighted by Crippen LogP contribution is 2.46. The Kier molecular flexibility index (Phi) is 3.94. The molecule has 1 aromatic heterocycles. The molecule has 2 aliphatic rings. The highest BCUT2D eigenvalue weighted by molar-refractivity contribution is 8.17. The molecule has 3 nitrogen and oxygen atoms in total. The van der Waals surface area contributed by atoms with Gasteiger partial charge in [0.2, 0.25) is 0 Å². The lowest BCUT2D eigenvalue weighted by Gasteiger charge is -2.15. The molecule has 0 saturated carbocycles. The van der Waals surface area contributed by atoms with E-state index in [1.54, 1.807) is 23.5 Å². The molecule has 0 fully saturated rings. The summed E-state index contributed by atoms with van der Waals surface area (Å²) in [7, 11) is 0. The smallest absolute Gasteiger partial charge is 0.168 e. The van der Waals surface area contributed by atoms with E-state index in [9.17, 15) is 5.11 Å². The number of aliphatic hydroxyl groups is 1. The third-order valence-electron chi connectivity index (χ3n) is 3.85. The van der Waals surface area contributed by atoms with Crippen molar-refractivity contribution in [1.82, 2.24) is 4.90 Å². The number of aliphatic imine (C=N–C) groups is 1. The summed E-state index contributed by atoms with van der Waals surface area (Å²) in [4.78, 5) is 10.8. The molecule has 0 spiro atoms. The molecule has 6 heteroatoms. The zero-order chi connectivity index (χ0) is 15.1. The van der Waals surface area contributed by atoms with Gasteiger partial charge in [-0.2, -0.15) is 0 Å². The molecule has 1 aromatic carbocycles. The van der Waals surface area contributed by atoms with Gasteiger partial charge < -0.3 is 10.0 Å². The predicted molar refractivity (Wildman–Crippen MR) is 98.8 cm³/mol. The van der Waals surface area contributed by atoms with E-state index in [4.69, 9.17) is 0 Å². The lowest BCUT2D eigenvalue weighted by atomic mass is 10.2. The van der Waals surface area contributed by atoms with Gasteiger partial charge in [-0.15, -0.1) is 23.1 Å². The van der Waals surface area contributed by atoms with Gasteiger partial charge in [-0.3, -0.25) is 4.99 Å². The number of hydrogen-bond acceptors (Lipinski definition) is 6. The van der Waals surface area contributed by atoms with Crippen LogP contribution in [0.15, 0.2) is 39.1 Å². The molecule has 2 aromatic rings. The van der Waals surface area contributed by atoms with Crippen LogP contribution in [0.4, 0.5) is 0 Å². The summed E-state index contributed by atoms with van der Waals surface area (Å²) in [6, 6.07) is 8.78. The summed E-state index contributed by atoms with van der Waals surface area (Å²) >= 11 is 5.38. The number of nitrogens with zero attached hydrogens (tertiary/aromatic N) is 2. The maximum atomic E-state index is 9.37. The fourth-order valence-electron chi connectivity index (χ4n) is 2.89. The molecule has 114 valence electrons. The molecule has 0 unspecified atom stereocenters. The first-order valence-corrected chi connectivity index (χ1v) is 10.1. The van der Waals surface area contributed by atoms with Crippen molar-refractivity contribution in [3.63, 3.8) is 0 Å². The van der Waals surface area contributed by atoms with Gasteiger partial charge >= 0.3 is 0 Å². The van der Waals surface area contributed by atoms with Crippen molar-refractivity contribution >= 4 is 55.8 Å². The van der Waals surface area contributed by atoms with Crippen molar-refractivity contribution in [3.8, 4) is 0 Å². The molecule has 2 aliphatic heterocycles. The fraction of sp³-hybridized carbons (Fsp3) is 0.312. The molecule has 22 heavy (non-hydrogen) atoms. The van der Waals surface area contributed by atoms with Crippen molar-refractivity contribution in [2.45, 2.75) is 11.3 Å². The summed E-state index contributed by atoms with van der Waals surface area (Å²) < 4.78 is 1.36. The first-order valence-electron chi connectivity index (χ1n) is 7.22. The molecule has 4 rings (SSSR count). The van der Waals surface area contributed by atoms with E-state index in [0.29, 0.717) is 6.42 Å². The standard InChI is InChI=1S/C16H16N2OS3/c1-20-12-4-2-3-10-9-13(21-15(10)12)14-11(5-8-19)22-16-17-6-7-18(14)16/h2-4,9,19H,5-8H2,1H3. The topological polar surface area (TPSA) is 35.8 Å². The first-order chi connectivity index (χ1) is 10.8. The second-order valence-electron chi connectivity index (χ2n) is 5.15. The summed E-state index contributed by atoms with van der Waals surface area (Å²) in [5.41, 5.74) is 1.27. The van der Waals surface area contributed by atoms with Gasteiger partial charge in [-0.05, 0) is 23.8 Å². The Morgan fingerprint density at radius 3 is 3.14 bits per heavy atom. The normalized spacial score (nSPS) is 17.5. The van der Waals surface area contributed by atoms with Gasteiger partial charge in [0.15, 0.2) is 5.17 Å². The first kappa shape index (κ1) is 14.6. The van der Waals surface area contributed by atoms with E-state index in [0.717, 1.165) is 18.3 Å². The zero-order valence-electron chi connectivity index (χ0n) is 12.2. The molecular weight excluding hydrogens is 332 g/mol. The molecule has 0 saturated heterocycles. The van der Waals surface area contributed by atoms with Crippen LogP contribution < -0.4 is 0 Å².